The fourth-order valence-corrected chi connectivity index (χ4v) is 2.66. The minimum Gasteiger partial charge on any atom is -0.495 e. The lowest BCUT2D eigenvalue weighted by molar-refractivity contribution is 0.102. The van der Waals surface area contributed by atoms with Crippen molar-refractivity contribution >= 4 is 34.8 Å². The molecule has 0 aliphatic rings. The van der Waals surface area contributed by atoms with Gasteiger partial charge in [-0.2, -0.15) is 0 Å². The molecule has 1 heterocycles. The van der Waals surface area contributed by atoms with Crippen LogP contribution in [0.5, 0.6) is 11.5 Å². The summed E-state index contributed by atoms with van der Waals surface area (Å²) in [7, 11) is 2.98. The van der Waals surface area contributed by atoms with Gasteiger partial charge >= 0.3 is 0 Å². The minimum atomic E-state index is -0.385. The normalized spacial score (nSPS) is 10.3. The van der Waals surface area contributed by atoms with Gasteiger partial charge in [0.05, 0.1) is 30.5 Å². The fourth-order valence-electron chi connectivity index (χ4n) is 2.43. The first-order valence-corrected chi connectivity index (χ1v) is 8.76. The van der Waals surface area contributed by atoms with Crippen LogP contribution in [-0.4, -0.2) is 30.1 Å². The molecule has 0 aliphatic carbocycles. The Bertz CT molecular complexity index is 976. The van der Waals surface area contributed by atoms with Crippen LogP contribution >= 0.6 is 11.6 Å². The molecular formula is C20H19ClN4O3. The Morgan fingerprint density at radius 3 is 2.25 bits per heavy atom. The molecule has 7 nitrogen and oxygen atoms in total. The number of ether oxygens (including phenoxy) is 2. The molecule has 0 fully saturated rings. The first kappa shape index (κ1) is 19.4. The van der Waals surface area contributed by atoms with Crippen molar-refractivity contribution in [3.8, 4) is 11.5 Å². The monoisotopic (exact) mass is 398 g/mol. The zero-order valence-electron chi connectivity index (χ0n) is 15.6. The molecule has 0 radical (unpaired) electrons. The predicted molar refractivity (Wildman–Crippen MR) is 109 cm³/mol. The largest absolute Gasteiger partial charge is 0.495 e. The summed E-state index contributed by atoms with van der Waals surface area (Å²) >= 11 is 6.08. The number of anilines is 3. The number of methoxy groups -OCH3 is 2. The van der Waals surface area contributed by atoms with Gasteiger partial charge in [0.25, 0.3) is 5.91 Å². The van der Waals surface area contributed by atoms with E-state index in [2.05, 4.69) is 20.6 Å². The number of benzene rings is 2. The van der Waals surface area contributed by atoms with Gasteiger partial charge in [0.1, 0.15) is 11.5 Å². The molecule has 0 unspecified atom stereocenters. The van der Waals surface area contributed by atoms with E-state index in [0.29, 0.717) is 33.7 Å². The summed E-state index contributed by atoms with van der Waals surface area (Å²) in [4.78, 5) is 20.9. The molecule has 1 amide bonds. The van der Waals surface area contributed by atoms with Crippen LogP contribution in [0.4, 0.5) is 17.3 Å². The summed E-state index contributed by atoms with van der Waals surface area (Å²) < 4.78 is 10.4. The molecule has 8 heteroatoms. The van der Waals surface area contributed by atoms with Gasteiger partial charge in [-0.1, -0.05) is 29.3 Å². The number of carbonyl (C=O) groups is 1. The van der Waals surface area contributed by atoms with Crippen LogP contribution in [0.25, 0.3) is 0 Å². The van der Waals surface area contributed by atoms with Crippen molar-refractivity contribution in [3.05, 3.63) is 64.9 Å². The van der Waals surface area contributed by atoms with E-state index in [0.717, 1.165) is 11.3 Å². The summed E-state index contributed by atoms with van der Waals surface area (Å²) in [6.07, 6.45) is 2.89. The summed E-state index contributed by atoms with van der Waals surface area (Å²) in [6.45, 7) is 2.01. The summed E-state index contributed by atoms with van der Waals surface area (Å²) in [6, 6.07) is 11.0. The SMILES string of the molecule is COc1cc(NC(=O)c2cnc(Nc3ccc(C)cc3)nc2)c(OC)cc1Cl. The Balaban J connectivity index is 1.74. The van der Waals surface area contributed by atoms with E-state index in [1.165, 1.54) is 26.6 Å². The quantitative estimate of drug-likeness (QED) is 0.638. The van der Waals surface area contributed by atoms with Crippen LogP contribution in [0.1, 0.15) is 15.9 Å². The Labute approximate surface area is 167 Å². The lowest BCUT2D eigenvalue weighted by Gasteiger charge is -2.13. The second-order valence-electron chi connectivity index (χ2n) is 5.93. The smallest absolute Gasteiger partial charge is 0.258 e. The van der Waals surface area contributed by atoms with Gasteiger partial charge in [0.2, 0.25) is 5.95 Å². The van der Waals surface area contributed by atoms with Crippen molar-refractivity contribution in [1.29, 1.82) is 0 Å². The number of hydrogen-bond acceptors (Lipinski definition) is 6. The third-order valence-corrected chi connectivity index (χ3v) is 4.24. The number of hydrogen-bond donors (Lipinski definition) is 2. The molecule has 3 rings (SSSR count). The number of aromatic nitrogens is 2. The lowest BCUT2D eigenvalue weighted by Crippen LogP contribution is -2.14. The Morgan fingerprint density at radius 2 is 1.64 bits per heavy atom. The topological polar surface area (TPSA) is 85.4 Å². The third-order valence-electron chi connectivity index (χ3n) is 3.94. The maximum Gasteiger partial charge on any atom is 0.258 e. The number of rotatable bonds is 6. The molecule has 0 saturated carbocycles. The fraction of sp³-hybridized carbons (Fsp3) is 0.150. The predicted octanol–water partition coefficient (Wildman–Crippen LogP) is 4.45. The summed E-state index contributed by atoms with van der Waals surface area (Å²) in [5.41, 5.74) is 2.74. The molecule has 0 saturated heterocycles. The molecule has 1 aromatic heterocycles. The summed E-state index contributed by atoms with van der Waals surface area (Å²) in [5, 5.41) is 6.22. The number of carbonyl (C=O) groups excluding carboxylic acids is 1. The number of nitrogens with zero attached hydrogens (tertiary/aromatic N) is 2. The highest BCUT2D eigenvalue weighted by Crippen LogP contribution is 2.36. The third kappa shape index (κ3) is 4.50. The maximum absolute atomic E-state index is 12.5. The van der Waals surface area contributed by atoms with E-state index in [1.807, 2.05) is 31.2 Å². The van der Waals surface area contributed by atoms with Crippen molar-refractivity contribution in [2.45, 2.75) is 6.92 Å². The first-order valence-electron chi connectivity index (χ1n) is 8.38. The second kappa shape index (κ2) is 8.58. The van der Waals surface area contributed by atoms with Gasteiger partial charge in [0, 0.05) is 30.2 Å². The van der Waals surface area contributed by atoms with Crippen LogP contribution in [0.15, 0.2) is 48.8 Å². The van der Waals surface area contributed by atoms with E-state index in [4.69, 9.17) is 21.1 Å². The maximum atomic E-state index is 12.5. The Morgan fingerprint density at radius 1 is 1.00 bits per heavy atom. The lowest BCUT2D eigenvalue weighted by atomic mass is 10.2. The highest BCUT2D eigenvalue weighted by molar-refractivity contribution is 6.32. The van der Waals surface area contributed by atoms with E-state index in [1.54, 1.807) is 12.1 Å². The van der Waals surface area contributed by atoms with Gasteiger partial charge in [-0.05, 0) is 19.1 Å². The van der Waals surface area contributed by atoms with Crippen LogP contribution in [-0.2, 0) is 0 Å². The van der Waals surface area contributed by atoms with Gasteiger partial charge in [0.15, 0.2) is 0 Å². The zero-order chi connectivity index (χ0) is 20.1. The molecule has 3 aromatic rings. The van der Waals surface area contributed by atoms with Gasteiger partial charge in [-0.25, -0.2) is 9.97 Å². The van der Waals surface area contributed by atoms with Gasteiger partial charge < -0.3 is 20.1 Å². The van der Waals surface area contributed by atoms with Crippen LogP contribution in [0.2, 0.25) is 5.02 Å². The average Bonchev–Trinajstić information content (AvgIpc) is 2.71. The number of aryl methyl sites for hydroxylation is 1. The van der Waals surface area contributed by atoms with E-state index in [9.17, 15) is 4.79 Å². The van der Waals surface area contributed by atoms with Gasteiger partial charge in [-0.15, -0.1) is 0 Å². The van der Waals surface area contributed by atoms with Crippen molar-refractivity contribution in [2.75, 3.05) is 24.9 Å². The standard InChI is InChI=1S/C20H19ClN4O3/c1-12-4-6-14(7-5-12)24-20-22-10-13(11-23-20)19(26)25-16-9-17(27-2)15(21)8-18(16)28-3/h4-11H,1-3H3,(H,25,26)(H,22,23,24). The number of amides is 1. The highest BCUT2D eigenvalue weighted by atomic mass is 35.5. The van der Waals surface area contributed by atoms with Crippen molar-refractivity contribution < 1.29 is 14.3 Å². The molecule has 0 bridgehead atoms. The van der Waals surface area contributed by atoms with Crippen molar-refractivity contribution in [2.24, 2.45) is 0 Å². The average molecular weight is 399 g/mol. The molecular weight excluding hydrogens is 380 g/mol. The molecule has 2 aromatic carbocycles. The van der Waals surface area contributed by atoms with E-state index in [-0.39, 0.29) is 5.91 Å². The van der Waals surface area contributed by atoms with Gasteiger partial charge in [-0.3, -0.25) is 4.79 Å². The van der Waals surface area contributed by atoms with Crippen LogP contribution in [0.3, 0.4) is 0 Å². The highest BCUT2D eigenvalue weighted by Gasteiger charge is 2.14. The summed E-state index contributed by atoms with van der Waals surface area (Å²) in [5.74, 6) is 0.847. The molecule has 28 heavy (non-hydrogen) atoms. The van der Waals surface area contributed by atoms with E-state index >= 15 is 0 Å². The first-order chi connectivity index (χ1) is 13.5. The van der Waals surface area contributed by atoms with Crippen molar-refractivity contribution in [1.82, 2.24) is 9.97 Å². The van der Waals surface area contributed by atoms with E-state index < -0.39 is 0 Å². The molecule has 0 aliphatic heterocycles. The Hall–Kier alpha value is -3.32. The molecule has 0 atom stereocenters. The molecule has 2 N–H and O–H groups in total. The second-order valence-corrected chi connectivity index (χ2v) is 6.33. The molecule has 0 spiro atoms. The number of nitrogens with one attached hydrogen (secondary N) is 2. The number of halogens is 1. The zero-order valence-corrected chi connectivity index (χ0v) is 16.4. The van der Waals surface area contributed by atoms with Crippen molar-refractivity contribution in [3.63, 3.8) is 0 Å². The Kier molecular flexibility index (Phi) is 5.96. The van der Waals surface area contributed by atoms with Crippen LogP contribution in [0, 0.1) is 6.92 Å². The molecule has 144 valence electrons. The minimum absolute atomic E-state index is 0.297. The van der Waals surface area contributed by atoms with Crippen LogP contribution < -0.4 is 20.1 Å².